The maximum Gasteiger partial charge on any atom is 0.514 e. The number of hydrogen-bond donors (Lipinski definition) is 1. The minimum Gasteiger partial charge on any atom is -0.496 e. The monoisotopic (exact) mass is 380 g/mol. The van der Waals surface area contributed by atoms with Crippen molar-refractivity contribution >= 4 is 35.1 Å². The van der Waals surface area contributed by atoms with Crippen molar-refractivity contribution in [2.75, 3.05) is 25.3 Å². The van der Waals surface area contributed by atoms with E-state index >= 15 is 0 Å². The van der Waals surface area contributed by atoms with Crippen LogP contribution in [0.4, 0.5) is 22.0 Å². The van der Waals surface area contributed by atoms with Crippen molar-refractivity contribution in [3.05, 3.63) is 34.5 Å². The van der Waals surface area contributed by atoms with Crippen molar-refractivity contribution < 1.29 is 23.9 Å². The molecule has 1 heterocycles. The molecule has 0 spiro atoms. The summed E-state index contributed by atoms with van der Waals surface area (Å²) in [5, 5.41) is 14.5. The van der Waals surface area contributed by atoms with Crippen molar-refractivity contribution in [1.29, 1.82) is 0 Å². The molecule has 0 amide bonds. The SMILES string of the molecule is CCOC(=O)Oc1cnc(SC)nc1Nc1ccc(OC)cc1[N+](=O)[O-]. The second-order valence-corrected chi connectivity index (χ2v) is 5.39. The van der Waals surface area contributed by atoms with Gasteiger partial charge >= 0.3 is 6.16 Å². The van der Waals surface area contributed by atoms with E-state index in [4.69, 9.17) is 14.2 Å². The zero-order valence-electron chi connectivity index (χ0n) is 14.2. The van der Waals surface area contributed by atoms with Gasteiger partial charge in [0.05, 0.1) is 30.9 Å². The number of anilines is 2. The van der Waals surface area contributed by atoms with E-state index in [1.54, 1.807) is 19.2 Å². The predicted octanol–water partition coefficient (Wildman–Crippen LogP) is 3.39. The van der Waals surface area contributed by atoms with Crippen LogP contribution in [0.2, 0.25) is 0 Å². The summed E-state index contributed by atoms with van der Waals surface area (Å²) in [7, 11) is 1.41. The molecule has 10 nitrogen and oxygen atoms in total. The van der Waals surface area contributed by atoms with E-state index in [0.717, 1.165) is 0 Å². The second kappa shape index (κ2) is 8.85. The van der Waals surface area contributed by atoms with Gasteiger partial charge in [-0.25, -0.2) is 14.8 Å². The Hall–Kier alpha value is -3.08. The predicted molar refractivity (Wildman–Crippen MR) is 94.4 cm³/mol. The zero-order valence-corrected chi connectivity index (χ0v) is 15.0. The first-order chi connectivity index (χ1) is 12.5. The van der Waals surface area contributed by atoms with Gasteiger partial charge in [0.25, 0.3) is 5.69 Å². The van der Waals surface area contributed by atoms with Gasteiger partial charge in [0.15, 0.2) is 16.7 Å². The molecule has 1 N–H and O–H groups in total. The first kappa shape index (κ1) is 19.2. The van der Waals surface area contributed by atoms with E-state index in [-0.39, 0.29) is 29.5 Å². The molecular weight excluding hydrogens is 364 g/mol. The molecule has 0 saturated carbocycles. The Balaban J connectivity index is 2.41. The number of methoxy groups -OCH3 is 1. The average molecular weight is 380 g/mol. The number of nitrogens with zero attached hydrogens (tertiary/aromatic N) is 3. The fourth-order valence-corrected chi connectivity index (χ4v) is 2.22. The van der Waals surface area contributed by atoms with E-state index in [1.165, 1.54) is 37.2 Å². The number of rotatable bonds is 7. The third kappa shape index (κ3) is 4.72. The van der Waals surface area contributed by atoms with Crippen molar-refractivity contribution in [2.24, 2.45) is 0 Å². The van der Waals surface area contributed by atoms with E-state index < -0.39 is 11.1 Å². The number of carbonyl (C=O) groups excluding carboxylic acids is 1. The van der Waals surface area contributed by atoms with Crippen LogP contribution in [0.3, 0.4) is 0 Å². The lowest BCUT2D eigenvalue weighted by molar-refractivity contribution is -0.384. The zero-order chi connectivity index (χ0) is 19.1. The minimum absolute atomic E-state index is 0.0219. The van der Waals surface area contributed by atoms with Gasteiger partial charge in [0.1, 0.15) is 11.4 Å². The summed E-state index contributed by atoms with van der Waals surface area (Å²) in [5.41, 5.74) is -0.0778. The Labute approximate surface area is 153 Å². The third-order valence-electron chi connectivity index (χ3n) is 3.03. The van der Waals surface area contributed by atoms with Crippen LogP contribution in [0, 0.1) is 10.1 Å². The molecule has 0 atom stereocenters. The van der Waals surface area contributed by atoms with Gasteiger partial charge in [-0.2, -0.15) is 0 Å². The van der Waals surface area contributed by atoms with Crippen LogP contribution in [0.5, 0.6) is 11.5 Å². The Morgan fingerprint density at radius 3 is 2.81 bits per heavy atom. The van der Waals surface area contributed by atoms with Gasteiger partial charge in [0.2, 0.25) is 0 Å². The van der Waals surface area contributed by atoms with Crippen molar-refractivity contribution in [2.45, 2.75) is 12.1 Å². The maximum absolute atomic E-state index is 11.6. The molecule has 11 heteroatoms. The van der Waals surface area contributed by atoms with Gasteiger partial charge in [-0.3, -0.25) is 10.1 Å². The summed E-state index contributed by atoms with van der Waals surface area (Å²) >= 11 is 1.26. The quantitative estimate of drug-likeness (QED) is 0.251. The van der Waals surface area contributed by atoms with Crippen molar-refractivity contribution in [3.63, 3.8) is 0 Å². The molecule has 26 heavy (non-hydrogen) atoms. The molecular formula is C15H16N4O6S. The van der Waals surface area contributed by atoms with Crippen LogP contribution < -0.4 is 14.8 Å². The number of nitro benzene ring substituents is 1. The summed E-state index contributed by atoms with van der Waals surface area (Å²) in [6.45, 7) is 1.77. The van der Waals surface area contributed by atoms with Gasteiger partial charge in [-0.1, -0.05) is 11.8 Å². The number of carbonyl (C=O) groups is 1. The molecule has 2 rings (SSSR count). The van der Waals surface area contributed by atoms with Gasteiger partial charge in [-0.15, -0.1) is 0 Å². The minimum atomic E-state index is -0.930. The van der Waals surface area contributed by atoms with Crippen LogP contribution in [-0.2, 0) is 4.74 Å². The van der Waals surface area contributed by atoms with Gasteiger partial charge in [-0.05, 0) is 25.3 Å². The lowest BCUT2D eigenvalue weighted by Gasteiger charge is -2.12. The number of aromatic nitrogens is 2. The molecule has 138 valence electrons. The van der Waals surface area contributed by atoms with Crippen molar-refractivity contribution in [1.82, 2.24) is 9.97 Å². The summed E-state index contributed by atoms with van der Waals surface area (Å²) in [6, 6.07) is 4.29. The summed E-state index contributed by atoms with van der Waals surface area (Å²) in [4.78, 5) is 30.5. The Kier molecular flexibility index (Phi) is 6.55. The highest BCUT2D eigenvalue weighted by Crippen LogP contribution is 2.34. The highest BCUT2D eigenvalue weighted by molar-refractivity contribution is 7.98. The van der Waals surface area contributed by atoms with Crippen LogP contribution in [-0.4, -0.2) is 41.0 Å². The van der Waals surface area contributed by atoms with Crippen LogP contribution in [0.15, 0.2) is 29.6 Å². The molecule has 2 aromatic rings. The second-order valence-electron chi connectivity index (χ2n) is 4.62. The Bertz CT molecular complexity index is 817. The van der Waals surface area contributed by atoms with E-state index in [2.05, 4.69) is 15.3 Å². The fourth-order valence-electron chi connectivity index (χ4n) is 1.88. The Morgan fingerprint density at radius 2 is 2.19 bits per heavy atom. The normalized spacial score (nSPS) is 10.1. The third-order valence-corrected chi connectivity index (χ3v) is 3.59. The number of thioether (sulfide) groups is 1. The molecule has 0 radical (unpaired) electrons. The summed E-state index contributed by atoms with van der Waals surface area (Å²) in [6.07, 6.45) is 2.12. The van der Waals surface area contributed by atoms with Crippen molar-refractivity contribution in [3.8, 4) is 11.5 Å². The first-order valence-electron chi connectivity index (χ1n) is 7.33. The molecule has 0 fully saturated rings. The topological polar surface area (TPSA) is 126 Å². The summed E-state index contributed by atoms with van der Waals surface area (Å²) < 4.78 is 14.8. The van der Waals surface area contributed by atoms with Crippen LogP contribution >= 0.6 is 11.8 Å². The fraction of sp³-hybridized carbons (Fsp3) is 0.267. The Morgan fingerprint density at radius 1 is 1.42 bits per heavy atom. The lowest BCUT2D eigenvalue weighted by Crippen LogP contribution is -2.12. The highest BCUT2D eigenvalue weighted by Gasteiger charge is 2.19. The van der Waals surface area contributed by atoms with E-state index in [9.17, 15) is 14.9 Å². The number of hydrogen-bond acceptors (Lipinski definition) is 10. The molecule has 1 aromatic carbocycles. The molecule has 0 saturated heterocycles. The number of ether oxygens (including phenoxy) is 3. The highest BCUT2D eigenvalue weighted by atomic mass is 32.2. The molecule has 0 bridgehead atoms. The van der Waals surface area contributed by atoms with E-state index in [0.29, 0.717) is 10.9 Å². The standard InChI is InChI=1S/C15H16N4O6S/c1-4-24-15(20)25-12-8-16-14(26-3)18-13(12)17-10-6-5-9(23-2)7-11(10)19(21)22/h5-8H,4H2,1-3H3,(H,16,17,18). The number of benzene rings is 1. The largest absolute Gasteiger partial charge is 0.514 e. The smallest absolute Gasteiger partial charge is 0.496 e. The molecule has 1 aromatic heterocycles. The number of nitro groups is 1. The summed E-state index contributed by atoms with van der Waals surface area (Å²) in [5.74, 6) is 0.398. The lowest BCUT2D eigenvalue weighted by atomic mass is 10.2. The molecule has 0 aliphatic rings. The van der Waals surface area contributed by atoms with E-state index in [1.807, 2.05) is 0 Å². The maximum atomic E-state index is 11.6. The number of nitrogens with one attached hydrogen (secondary N) is 1. The first-order valence-corrected chi connectivity index (χ1v) is 8.56. The average Bonchev–Trinajstić information content (AvgIpc) is 2.63. The van der Waals surface area contributed by atoms with Gasteiger partial charge in [0, 0.05) is 0 Å². The van der Waals surface area contributed by atoms with Crippen LogP contribution in [0.25, 0.3) is 0 Å². The van der Waals surface area contributed by atoms with Crippen LogP contribution in [0.1, 0.15) is 6.92 Å². The molecule has 0 aliphatic heterocycles. The molecule has 0 aliphatic carbocycles. The molecule has 0 unspecified atom stereocenters. The van der Waals surface area contributed by atoms with Gasteiger partial charge < -0.3 is 19.5 Å².